The predicted octanol–water partition coefficient (Wildman–Crippen LogP) is 1.38. The first-order valence-corrected chi connectivity index (χ1v) is 7.48. The standard InChI is InChI=1S/C15H28N2O2/c1-11(2)17-7-5-15(19,6-8-17)10-16-13(18)12-9-14(12,3)4/h11-12,19H,5-10H2,1-4H3,(H,16,18)/t12-/m1/s1. The van der Waals surface area contributed by atoms with Gasteiger partial charge in [-0.05, 0) is 38.5 Å². The summed E-state index contributed by atoms with van der Waals surface area (Å²) < 4.78 is 0. The zero-order valence-electron chi connectivity index (χ0n) is 12.7. The highest BCUT2D eigenvalue weighted by molar-refractivity contribution is 5.82. The summed E-state index contributed by atoms with van der Waals surface area (Å²) in [7, 11) is 0. The van der Waals surface area contributed by atoms with Crippen LogP contribution in [0, 0.1) is 11.3 Å². The van der Waals surface area contributed by atoms with Crippen LogP contribution in [-0.4, -0.2) is 47.2 Å². The van der Waals surface area contributed by atoms with Gasteiger partial charge < -0.3 is 15.3 Å². The van der Waals surface area contributed by atoms with Gasteiger partial charge in [0.25, 0.3) is 0 Å². The van der Waals surface area contributed by atoms with E-state index in [9.17, 15) is 9.90 Å². The highest BCUT2D eigenvalue weighted by Gasteiger charge is 2.50. The van der Waals surface area contributed by atoms with Crippen molar-refractivity contribution < 1.29 is 9.90 Å². The Morgan fingerprint density at radius 3 is 2.32 bits per heavy atom. The third-order valence-electron chi connectivity index (χ3n) is 4.88. The Kier molecular flexibility index (Phi) is 3.94. The molecule has 0 unspecified atom stereocenters. The molecule has 19 heavy (non-hydrogen) atoms. The predicted molar refractivity (Wildman–Crippen MR) is 75.8 cm³/mol. The molecule has 4 nitrogen and oxygen atoms in total. The van der Waals surface area contributed by atoms with Gasteiger partial charge in [-0.25, -0.2) is 0 Å². The summed E-state index contributed by atoms with van der Waals surface area (Å²) in [6.45, 7) is 10.8. The molecule has 0 radical (unpaired) electrons. The van der Waals surface area contributed by atoms with Gasteiger partial charge in [-0.1, -0.05) is 13.8 Å². The number of carbonyl (C=O) groups excluding carboxylic acids is 1. The van der Waals surface area contributed by atoms with Gasteiger partial charge in [0.2, 0.25) is 5.91 Å². The highest BCUT2D eigenvalue weighted by atomic mass is 16.3. The SMILES string of the molecule is CC(C)N1CCC(O)(CNC(=O)[C@H]2CC2(C)C)CC1. The molecule has 4 heteroatoms. The van der Waals surface area contributed by atoms with Crippen molar-refractivity contribution in [1.82, 2.24) is 10.2 Å². The molecule has 0 aromatic rings. The van der Waals surface area contributed by atoms with Crippen molar-refractivity contribution >= 4 is 5.91 Å². The number of nitrogens with zero attached hydrogens (tertiary/aromatic N) is 1. The molecule has 0 bridgehead atoms. The third kappa shape index (κ3) is 3.48. The summed E-state index contributed by atoms with van der Waals surface area (Å²) in [5.41, 5.74) is -0.548. The molecule has 2 rings (SSSR count). The molecule has 0 spiro atoms. The van der Waals surface area contributed by atoms with Gasteiger partial charge in [0, 0.05) is 31.6 Å². The summed E-state index contributed by atoms with van der Waals surface area (Å²) in [6.07, 6.45) is 2.47. The summed E-state index contributed by atoms with van der Waals surface area (Å²) >= 11 is 0. The number of hydrogen-bond acceptors (Lipinski definition) is 3. The fourth-order valence-corrected chi connectivity index (χ4v) is 2.92. The van der Waals surface area contributed by atoms with E-state index >= 15 is 0 Å². The number of rotatable bonds is 4. The van der Waals surface area contributed by atoms with Crippen LogP contribution in [0.5, 0.6) is 0 Å². The van der Waals surface area contributed by atoms with E-state index in [-0.39, 0.29) is 17.2 Å². The average molecular weight is 268 g/mol. The molecule has 110 valence electrons. The van der Waals surface area contributed by atoms with Crippen LogP contribution in [0.2, 0.25) is 0 Å². The molecule has 1 atom stereocenters. The van der Waals surface area contributed by atoms with E-state index in [4.69, 9.17) is 0 Å². The summed E-state index contributed by atoms with van der Waals surface area (Å²) in [5, 5.41) is 13.5. The van der Waals surface area contributed by atoms with Crippen molar-refractivity contribution in [3.63, 3.8) is 0 Å². The number of likely N-dealkylation sites (tertiary alicyclic amines) is 1. The summed E-state index contributed by atoms with van der Waals surface area (Å²) in [5.74, 6) is 0.261. The van der Waals surface area contributed by atoms with Crippen LogP contribution in [0.4, 0.5) is 0 Å². The lowest BCUT2D eigenvalue weighted by atomic mass is 9.90. The Bertz CT molecular complexity index is 344. The molecule has 1 heterocycles. The van der Waals surface area contributed by atoms with Crippen molar-refractivity contribution in [2.24, 2.45) is 11.3 Å². The number of piperidine rings is 1. The van der Waals surface area contributed by atoms with Gasteiger partial charge in [-0.3, -0.25) is 4.79 Å². The number of aliphatic hydroxyl groups is 1. The molecule has 1 saturated carbocycles. The maximum Gasteiger partial charge on any atom is 0.223 e. The molecular formula is C15H28N2O2. The first kappa shape index (κ1) is 14.8. The summed E-state index contributed by atoms with van der Waals surface area (Å²) in [6, 6.07) is 0.534. The Hall–Kier alpha value is -0.610. The van der Waals surface area contributed by atoms with Crippen LogP contribution in [0.1, 0.15) is 47.0 Å². The fraction of sp³-hybridized carbons (Fsp3) is 0.933. The second-order valence-corrected chi connectivity index (χ2v) is 7.32. The van der Waals surface area contributed by atoms with Gasteiger partial charge in [0.1, 0.15) is 0 Å². The summed E-state index contributed by atoms with van der Waals surface area (Å²) in [4.78, 5) is 14.3. The highest BCUT2D eigenvalue weighted by Crippen LogP contribution is 2.51. The Labute approximate surface area is 116 Å². The minimum Gasteiger partial charge on any atom is -0.388 e. The van der Waals surface area contributed by atoms with Gasteiger partial charge in [-0.15, -0.1) is 0 Å². The van der Waals surface area contributed by atoms with Crippen LogP contribution in [0.15, 0.2) is 0 Å². The molecule has 1 amide bonds. The second kappa shape index (κ2) is 5.06. The molecule has 1 aliphatic heterocycles. The fourth-order valence-electron chi connectivity index (χ4n) is 2.92. The van der Waals surface area contributed by atoms with Crippen LogP contribution < -0.4 is 5.32 Å². The zero-order chi connectivity index (χ0) is 14.3. The van der Waals surface area contributed by atoms with Gasteiger partial charge in [0.15, 0.2) is 0 Å². The molecular weight excluding hydrogens is 240 g/mol. The zero-order valence-corrected chi connectivity index (χ0v) is 12.7. The Morgan fingerprint density at radius 1 is 1.37 bits per heavy atom. The number of nitrogens with one attached hydrogen (secondary N) is 1. The van der Waals surface area contributed by atoms with Crippen molar-refractivity contribution in [1.29, 1.82) is 0 Å². The first-order chi connectivity index (χ1) is 8.73. The second-order valence-electron chi connectivity index (χ2n) is 7.32. The molecule has 2 N–H and O–H groups in total. The van der Waals surface area contributed by atoms with Crippen LogP contribution in [-0.2, 0) is 4.79 Å². The molecule has 0 aromatic heterocycles. The van der Waals surface area contributed by atoms with Crippen LogP contribution >= 0.6 is 0 Å². The molecule has 1 saturated heterocycles. The van der Waals surface area contributed by atoms with Gasteiger partial charge in [0.05, 0.1) is 5.60 Å². The van der Waals surface area contributed by atoms with E-state index in [0.29, 0.717) is 12.6 Å². The van der Waals surface area contributed by atoms with E-state index in [2.05, 4.69) is 37.9 Å². The van der Waals surface area contributed by atoms with E-state index < -0.39 is 5.60 Å². The number of carbonyl (C=O) groups is 1. The lowest BCUT2D eigenvalue weighted by molar-refractivity contribution is -0.125. The van der Waals surface area contributed by atoms with Crippen LogP contribution in [0.25, 0.3) is 0 Å². The Morgan fingerprint density at radius 2 is 1.89 bits per heavy atom. The smallest absolute Gasteiger partial charge is 0.223 e. The molecule has 0 aromatic carbocycles. The van der Waals surface area contributed by atoms with Crippen molar-refractivity contribution in [3.05, 3.63) is 0 Å². The normalized spacial score (nSPS) is 29.3. The lowest BCUT2D eigenvalue weighted by Gasteiger charge is -2.40. The van der Waals surface area contributed by atoms with Crippen molar-refractivity contribution in [3.8, 4) is 0 Å². The maximum absolute atomic E-state index is 11.9. The topological polar surface area (TPSA) is 52.6 Å². The average Bonchev–Trinajstić information content (AvgIpc) is 2.96. The molecule has 1 aliphatic carbocycles. The third-order valence-corrected chi connectivity index (χ3v) is 4.88. The minimum absolute atomic E-state index is 0.115. The number of hydrogen-bond donors (Lipinski definition) is 2. The Balaban J connectivity index is 1.76. The van der Waals surface area contributed by atoms with Crippen LogP contribution in [0.3, 0.4) is 0 Å². The maximum atomic E-state index is 11.9. The van der Waals surface area contributed by atoms with E-state index in [0.717, 1.165) is 32.4 Å². The lowest BCUT2D eigenvalue weighted by Crippen LogP contribution is -2.52. The van der Waals surface area contributed by atoms with Gasteiger partial charge >= 0.3 is 0 Å². The monoisotopic (exact) mass is 268 g/mol. The number of amides is 1. The van der Waals surface area contributed by atoms with Gasteiger partial charge in [-0.2, -0.15) is 0 Å². The van der Waals surface area contributed by atoms with E-state index in [1.54, 1.807) is 0 Å². The van der Waals surface area contributed by atoms with E-state index in [1.165, 1.54) is 0 Å². The first-order valence-electron chi connectivity index (χ1n) is 7.48. The van der Waals surface area contributed by atoms with Crippen molar-refractivity contribution in [2.45, 2.75) is 58.6 Å². The van der Waals surface area contributed by atoms with E-state index in [1.807, 2.05) is 0 Å². The molecule has 2 aliphatic rings. The van der Waals surface area contributed by atoms with Crippen molar-refractivity contribution in [2.75, 3.05) is 19.6 Å². The largest absolute Gasteiger partial charge is 0.388 e. The molecule has 2 fully saturated rings. The quantitative estimate of drug-likeness (QED) is 0.810. The minimum atomic E-state index is -0.708.